The van der Waals surface area contributed by atoms with Crippen LogP contribution >= 0.6 is 0 Å². The number of unbranched alkanes of at least 4 members (excludes halogenated alkanes) is 12. The zero-order valence-electron chi connectivity index (χ0n) is 45.6. The maximum absolute atomic E-state index is 12.5. The van der Waals surface area contributed by atoms with Crippen molar-refractivity contribution >= 4 is 11.8 Å². The van der Waals surface area contributed by atoms with Crippen molar-refractivity contribution in [2.45, 2.75) is 221 Å². The minimum Gasteiger partial charge on any atom is -0.463 e. The summed E-state index contributed by atoms with van der Waals surface area (Å²) in [6.45, 7) is 21.7. The normalized spacial score (nSPS) is 23.1. The van der Waals surface area contributed by atoms with Crippen molar-refractivity contribution in [2.24, 2.45) is 5.41 Å². The van der Waals surface area contributed by atoms with Gasteiger partial charge in [-0.25, -0.2) is 0 Å². The number of allylic oxidation sites excluding steroid dienone is 23. The number of carbonyl (C=O) groups is 2. The molecule has 1 aliphatic heterocycles. The predicted octanol–water partition coefficient (Wildman–Crippen LogP) is 13.7. The Hall–Kier alpha value is -4.22. The first-order chi connectivity index (χ1) is 33.7. The minimum atomic E-state index is -1.60. The van der Waals surface area contributed by atoms with Crippen molar-refractivity contribution in [1.82, 2.24) is 0 Å². The van der Waals surface area contributed by atoms with Gasteiger partial charge in [0.2, 0.25) is 0 Å². The number of Topliss-reactive ketones (excluding diaryl/α,β-unsaturated/α-hetero) is 1. The first-order valence-corrected chi connectivity index (χ1v) is 26.6. The van der Waals surface area contributed by atoms with Crippen molar-refractivity contribution in [3.05, 3.63) is 142 Å². The van der Waals surface area contributed by atoms with E-state index in [0.29, 0.717) is 6.42 Å². The smallest absolute Gasteiger partial charge is 0.305 e. The highest BCUT2D eigenvalue weighted by molar-refractivity contribution is 5.97. The summed E-state index contributed by atoms with van der Waals surface area (Å²) in [7, 11) is 0. The number of ketones is 1. The molecule has 0 unspecified atom stereocenters. The Bertz CT molecular complexity index is 2010. The first-order valence-electron chi connectivity index (χ1n) is 26.6. The first kappa shape index (κ1) is 62.9. The maximum Gasteiger partial charge on any atom is 0.305 e. The van der Waals surface area contributed by atoms with Gasteiger partial charge < -0.3 is 34.6 Å². The van der Waals surface area contributed by atoms with Crippen molar-refractivity contribution in [3.8, 4) is 0 Å². The lowest BCUT2D eigenvalue weighted by Gasteiger charge is -2.43. The monoisotopic (exact) mass is 983 g/mol. The highest BCUT2D eigenvalue weighted by Crippen LogP contribution is 2.39. The molecule has 2 rings (SSSR count). The Morgan fingerprint density at radius 3 is 1.63 bits per heavy atom. The third-order valence-electron chi connectivity index (χ3n) is 13.3. The highest BCUT2D eigenvalue weighted by Gasteiger charge is 2.47. The molecular formula is C62H94O9. The molecule has 2 aliphatic rings. The fourth-order valence-corrected chi connectivity index (χ4v) is 8.25. The summed E-state index contributed by atoms with van der Waals surface area (Å²) in [6, 6.07) is 0. The van der Waals surface area contributed by atoms with Crippen LogP contribution in [-0.2, 0) is 23.8 Å². The van der Waals surface area contributed by atoms with Crippen LogP contribution in [0.4, 0.5) is 0 Å². The van der Waals surface area contributed by atoms with Crippen LogP contribution in [0.2, 0.25) is 0 Å². The molecule has 1 aliphatic carbocycles. The molecule has 0 saturated carbocycles. The predicted molar refractivity (Wildman–Crippen MR) is 293 cm³/mol. The molecule has 0 aromatic rings. The lowest BCUT2D eigenvalue weighted by atomic mass is 9.72. The molecule has 1 heterocycles. The van der Waals surface area contributed by atoms with Crippen LogP contribution in [0.3, 0.4) is 0 Å². The van der Waals surface area contributed by atoms with E-state index >= 15 is 0 Å². The van der Waals surface area contributed by atoms with Crippen molar-refractivity contribution < 1.29 is 44.2 Å². The molecule has 0 bridgehead atoms. The molecule has 0 radical (unpaired) electrons. The van der Waals surface area contributed by atoms with Crippen molar-refractivity contribution in [1.29, 1.82) is 0 Å². The molecule has 0 amide bonds. The molecule has 0 aromatic carbocycles. The number of aliphatic hydroxyl groups excluding tert-OH is 4. The number of hydrogen-bond acceptors (Lipinski definition) is 9. The molecule has 1 fully saturated rings. The Labute approximate surface area is 430 Å². The summed E-state index contributed by atoms with van der Waals surface area (Å²) in [5.41, 5.74) is 6.05. The quantitative estimate of drug-likeness (QED) is 0.0303. The van der Waals surface area contributed by atoms with Gasteiger partial charge in [-0.05, 0) is 84.8 Å². The van der Waals surface area contributed by atoms with Crippen LogP contribution in [0.5, 0.6) is 0 Å². The molecule has 1 saturated heterocycles. The summed E-state index contributed by atoms with van der Waals surface area (Å²) < 4.78 is 17.2. The average Bonchev–Trinajstić information content (AvgIpc) is 3.32. The standard InChI is InChI=1S/C62H94O9/c1-12-13-14-15-16-17-18-19-20-21-22-23-24-38-56(65)69-45-54-57(66)58(67)59(68)60(70-54)71-62(10,11)55(64)42-40-50(6)37-29-35-48(4)34-27-32-46(2)30-25-26-31-47(3)33-28-36-49(5)39-41-52-51(7)53(63)43-44-61(52,8)9/h25-37,39-42,54-55,57-60,64,66-68H,12-24,38,43-45H2,1-11H3/b26-25+,32-27+,33-28+,35-29+,41-39+,42-40+,46-30+,47-31+,48-34+,49-36+,50-37+/t54-,55+,57-,58+,59-,60+/m1/s1. The minimum absolute atomic E-state index is 0.0108. The molecular weight excluding hydrogens is 889 g/mol. The van der Waals surface area contributed by atoms with E-state index in [1.54, 1.807) is 26.0 Å². The SMILES string of the molecule is CCCCCCCCCCCCCCCC(=O)OC[C@H]1O[C@@H](OC(C)(C)[C@@H](O)/C=C/C(C)=C/C=C/C(C)=C/C=C/C(C)=C/C=C/C=C(C)/C=C/C=C(C)/C=C/C2=C(C)C(=O)CCC2(C)C)[C@H](O)[C@@H](O)[C@@H]1O. The van der Waals surface area contributed by atoms with Gasteiger partial charge in [0, 0.05) is 12.8 Å². The number of ether oxygens (including phenoxy) is 3. The van der Waals surface area contributed by atoms with Crippen molar-refractivity contribution in [2.75, 3.05) is 6.61 Å². The number of rotatable bonds is 31. The molecule has 396 valence electrons. The van der Waals surface area contributed by atoms with E-state index in [2.05, 4.69) is 71.1 Å². The average molecular weight is 983 g/mol. The molecule has 0 aromatic heterocycles. The van der Waals surface area contributed by atoms with E-state index in [1.165, 1.54) is 64.2 Å². The van der Waals surface area contributed by atoms with Gasteiger partial charge in [0.25, 0.3) is 0 Å². The number of carbonyl (C=O) groups excluding carboxylic acids is 2. The van der Waals surface area contributed by atoms with E-state index in [9.17, 15) is 30.0 Å². The van der Waals surface area contributed by atoms with Crippen molar-refractivity contribution in [3.63, 3.8) is 0 Å². The van der Waals surface area contributed by atoms with Crippen LogP contribution < -0.4 is 0 Å². The summed E-state index contributed by atoms with van der Waals surface area (Å²) >= 11 is 0. The summed E-state index contributed by atoms with van der Waals surface area (Å²) in [4.78, 5) is 24.7. The van der Waals surface area contributed by atoms with Gasteiger partial charge in [-0.15, -0.1) is 0 Å². The van der Waals surface area contributed by atoms with Crippen LogP contribution in [0.1, 0.15) is 179 Å². The van der Waals surface area contributed by atoms with Crippen LogP contribution in [-0.4, -0.2) is 81.2 Å². The van der Waals surface area contributed by atoms with Crippen LogP contribution in [0.25, 0.3) is 0 Å². The number of esters is 1. The third kappa shape index (κ3) is 25.8. The molecule has 9 nitrogen and oxygen atoms in total. The lowest BCUT2D eigenvalue weighted by molar-refractivity contribution is -0.329. The molecule has 0 spiro atoms. The Morgan fingerprint density at radius 1 is 0.676 bits per heavy atom. The topological polar surface area (TPSA) is 143 Å². The highest BCUT2D eigenvalue weighted by atomic mass is 16.7. The van der Waals surface area contributed by atoms with E-state index in [-0.39, 0.29) is 24.2 Å². The number of hydrogen-bond donors (Lipinski definition) is 4. The number of aliphatic hydroxyl groups is 4. The largest absolute Gasteiger partial charge is 0.463 e. The zero-order chi connectivity index (χ0) is 52.8. The molecule has 9 heteroatoms. The summed E-state index contributed by atoms with van der Waals surface area (Å²) in [5, 5.41) is 43.0. The Morgan fingerprint density at radius 2 is 1.13 bits per heavy atom. The fourth-order valence-electron chi connectivity index (χ4n) is 8.25. The van der Waals surface area contributed by atoms with Gasteiger partial charge in [0.05, 0.1) is 5.60 Å². The van der Waals surface area contributed by atoms with Gasteiger partial charge >= 0.3 is 5.97 Å². The molecule has 6 atom stereocenters. The molecule has 4 N–H and O–H groups in total. The maximum atomic E-state index is 12.5. The Kier molecular flexibility index (Phi) is 30.3. The van der Waals surface area contributed by atoms with E-state index < -0.39 is 48.4 Å². The second kappa shape index (κ2) is 34.2. The zero-order valence-corrected chi connectivity index (χ0v) is 45.6. The molecule has 71 heavy (non-hydrogen) atoms. The second-order valence-electron chi connectivity index (χ2n) is 20.9. The Balaban J connectivity index is 1.79. The second-order valence-corrected chi connectivity index (χ2v) is 20.9. The third-order valence-corrected chi connectivity index (χ3v) is 13.3. The van der Waals surface area contributed by atoms with Crippen LogP contribution in [0.15, 0.2) is 142 Å². The summed E-state index contributed by atoms with van der Waals surface area (Å²) in [5.74, 6) is -0.156. The van der Waals surface area contributed by atoms with Gasteiger partial charge in [0.15, 0.2) is 12.1 Å². The van der Waals surface area contributed by atoms with Gasteiger partial charge in [-0.2, -0.15) is 0 Å². The lowest BCUT2D eigenvalue weighted by Crippen LogP contribution is -2.61. The van der Waals surface area contributed by atoms with Crippen LogP contribution in [0, 0.1) is 5.41 Å². The van der Waals surface area contributed by atoms with E-state index in [0.717, 1.165) is 64.7 Å². The van der Waals surface area contributed by atoms with E-state index in [4.69, 9.17) is 14.2 Å². The fraction of sp³-hybridized carbons (Fsp3) is 0.581. The van der Waals surface area contributed by atoms with Gasteiger partial charge in [-0.1, -0.05) is 229 Å². The van der Waals surface area contributed by atoms with Gasteiger partial charge in [-0.3, -0.25) is 9.59 Å². The van der Waals surface area contributed by atoms with E-state index in [1.807, 2.05) is 82.4 Å². The van der Waals surface area contributed by atoms with Gasteiger partial charge in [0.1, 0.15) is 37.1 Å². The summed E-state index contributed by atoms with van der Waals surface area (Å²) in [6.07, 6.45) is 43.0.